The number of fused-ring (bicyclic) bond motifs is 4. The first kappa shape index (κ1) is 37.4. The van der Waals surface area contributed by atoms with Crippen LogP contribution in [0.15, 0.2) is 73.2 Å². The molecule has 58 heavy (non-hydrogen) atoms. The van der Waals surface area contributed by atoms with Crippen molar-refractivity contribution in [2.45, 2.75) is 50.4 Å². The van der Waals surface area contributed by atoms with E-state index in [-0.39, 0.29) is 48.7 Å². The number of aromatic nitrogens is 3. The number of anilines is 1. The molecular formula is C43H43N7O8. The van der Waals surface area contributed by atoms with Crippen LogP contribution >= 0.6 is 0 Å². The fourth-order valence-corrected chi connectivity index (χ4v) is 8.32. The van der Waals surface area contributed by atoms with Crippen molar-refractivity contribution < 1.29 is 38.2 Å². The highest BCUT2D eigenvalue weighted by Crippen LogP contribution is 2.34. The van der Waals surface area contributed by atoms with Crippen LogP contribution in [0.1, 0.15) is 52.8 Å². The highest BCUT2D eigenvalue weighted by molar-refractivity contribution is 6.23. The molecule has 0 saturated carbocycles. The fourth-order valence-electron chi connectivity index (χ4n) is 8.32. The third-order valence-corrected chi connectivity index (χ3v) is 11.6. The third kappa shape index (κ3) is 7.15. The summed E-state index contributed by atoms with van der Waals surface area (Å²) in [6.07, 6.45) is 7.82. The van der Waals surface area contributed by atoms with Gasteiger partial charge in [0.1, 0.15) is 18.8 Å². The number of benzene rings is 2. The molecule has 1 N–H and O–H groups in total. The minimum Gasteiger partial charge on any atom is -0.474 e. The highest BCUT2D eigenvalue weighted by Gasteiger charge is 2.45. The largest absolute Gasteiger partial charge is 0.474 e. The minimum absolute atomic E-state index is 0.00714. The predicted molar refractivity (Wildman–Crippen MR) is 212 cm³/mol. The molecule has 5 aromatic rings. The normalized spacial score (nSPS) is 18.9. The van der Waals surface area contributed by atoms with E-state index < -0.39 is 29.7 Å². The maximum atomic E-state index is 13.2. The average molecular weight is 786 g/mol. The first-order valence-electron chi connectivity index (χ1n) is 19.7. The fraction of sp³-hybridized carbons (Fsp3) is 0.372. The molecule has 0 aliphatic carbocycles. The van der Waals surface area contributed by atoms with Gasteiger partial charge < -0.3 is 28.6 Å². The van der Waals surface area contributed by atoms with Crippen LogP contribution in [0.3, 0.4) is 0 Å². The van der Waals surface area contributed by atoms with Crippen LogP contribution in [0.2, 0.25) is 0 Å². The molecule has 5 amide bonds. The second kappa shape index (κ2) is 15.6. The van der Waals surface area contributed by atoms with Gasteiger partial charge in [0, 0.05) is 118 Å². The zero-order valence-electron chi connectivity index (χ0n) is 32.1. The number of hydrogen-bond acceptors (Lipinski definition) is 11. The van der Waals surface area contributed by atoms with Crippen molar-refractivity contribution in [3.8, 4) is 17.0 Å². The summed E-state index contributed by atoms with van der Waals surface area (Å²) in [5, 5.41) is 4.52. The Labute approximate surface area is 333 Å². The van der Waals surface area contributed by atoms with Gasteiger partial charge in [-0.2, -0.15) is 0 Å². The molecule has 2 aromatic carbocycles. The van der Waals surface area contributed by atoms with Gasteiger partial charge in [-0.25, -0.2) is 4.98 Å². The van der Waals surface area contributed by atoms with Gasteiger partial charge in [-0.1, -0.05) is 12.1 Å². The third-order valence-electron chi connectivity index (χ3n) is 11.6. The van der Waals surface area contributed by atoms with E-state index in [2.05, 4.69) is 50.0 Å². The number of amides is 5. The number of ether oxygens (including phenoxy) is 3. The summed E-state index contributed by atoms with van der Waals surface area (Å²) in [4.78, 5) is 76.6. The summed E-state index contributed by atoms with van der Waals surface area (Å²) in [5.41, 5.74) is 5.67. The number of likely N-dealkylation sites (tertiary alicyclic amines) is 1. The molecule has 0 spiro atoms. The van der Waals surface area contributed by atoms with E-state index in [9.17, 15) is 24.0 Å². The number of imide groups is 2. The van der Waals surface area contributed by atoms with Crippen LogP contribution in [-0.2, 0) is 30.9 Å². The van der Waals surface area contributed by atoms with Crippen LogP contribution in [0, 0.1) is 0 Å². The Hall–Kier alpha value is -6.19. The van der Waals surface area contributed by atoms with E-state index in [0.29, 0.717) is 64.5 Å². The number of rotatable bonds is 12. The summed E-state index contributed by atoms with van der Waals surface area (Å²) in [6.45, 7) is 3.35. The van der Waals surface area contributed by atoms with Crippen LogP contribution in [0.4, 0.5) is 5.69 Å². The number of aryl methyl sites for hydroxylation is 1. The van der Waals surface area contributed by atoms with Gasteiger partial charge in [-0.3, -0.25) is 39.2 Å². The van der Waals surface area contributed by atoms with Gasteiger partial charge in [0.05, 0.1) is 22.7 Å². The smallest absolute Gasteiger partial charge is 0.262 e. The van der Waals surface area contributed by atoms with Crippen molar-refractivity contribution in [3.63, 3.8) is 0 Å². The van der Waals surface area contributed by atoms with Crippen LogP contribution in [0.5, 0.6) is 5.88 Å². The second-order valence-corrected chi connectivity index (χ2v) is 15.2. The number of piperidine rings is 2. The number of carbonyl (C=O) groups is 5. The Morgan fingerprint density at radius 2 is 1.64 bits per heavy atom. The minimum atomic E-state index is -0.993. The molecule has 298 valence electrons. The van der Waals surface area contributed by atoms with E-state index >= 15 is 0 Å². The van der Waals surface area contributed by atoms with Gasteiger partial charge in [0.2, 0.25) is 23.6 Å². The van der Waals surface area contributed by atoms with E-state index in [1.165, 1.54) is 5.39 Å². The molecule has 0 radical (unpaired) electrons. The summed E-state index contributed by atoms with van der Waals surface area (Å²) >= 11 is 0. The number of nitrogens with zero attached hydrogens (tertiary/aromatic N) is 6. The lowest BCUT2D eigenvalue weighted by atomic mass is 10.0. The summed E-state index contributed by atoms with van der Waals surface area (Å²) < 4.78 is 20.0. The molecule has 15 nitrogen and oxygen atoms in total. The van der Waals surface area contributed by atoms with E-state index in [0.717, 1.165) is 38.1 Å². The zero-order valence-corrected chi connectivity index (χ0v) is 32.1. The van der Waals surface area contributed by atoms with Crippen molar-refractivity contribution in [2.75, 3.05) is 50.9 Å². The molecular weight excluding hydrogens is 743 g/mol. The lowest BCUT2D eigenvalue weighted by Gasteiger charge is -2.40. The molecule has 1 atom stereocenters. The van der Waals surface area contributed by atoms with Crippen molar-refractivity contribution in [2.24, 2.45) is 7.05 Å². The summed E-state index contributed by atoms with van der Waals surface area (Å²) in [5.74, 6) is -1.55. The van der Waals surface area contributed by atoms with Gasteiger partial charge in [0.15, 0.2) is 0 Å². The van der Waals surface area contributed by atoms with E-state index in [1.807, 2.05) is 41.7 Å². The maximum absolute atomic E-state index is 13.2. The van der Waals surface area contributed by atoms with Gasteiger partial charge in [-0.05, 0) is 54.8 Å². The second-order valence-electron chi connectivity index (χ2n) is 15.2. The monoisotopic (exact) mass is 785 g/mol. The molecule has 15 heteroatoms. The quantitative estimate of drug-likeness (QED) is 0.144. The highest BCUT2D eigenvalue weighted by atomic mass is 16.5. The Morgan fingerprint density at radius 3 is 2.43 bits per heavy atom. The lowest BCUT2D eigenvalue weighted by molar-refractivity contribution is -0.138. The SMILES string of the molecule is Cn1c2ccncc2c2ccc(-c3ccc(OC4CCN(C(=O)COCCCOC5CN(c6ccc7c(c6)C(=O)N(C6CCC(=O)NC6=O)C7=O)C5)CC4)nc3)cc21. The Bertz CT molecular complexity index is 2430. The molecule has 3 aromatic heterocycles. The molecule has 9 rings (SSSR count). The van der Waals surface area contributed by atoms with E-state index in [4.69, 9.17) is 14.2 Å². The van der Waals surface area contributed by atoms with Crippen molar-refractivity contribution in [1.82, 2.24) is 29.7 Å². The van der Waals surface area contributed by atoms with Gasteiger partial charge >= 0.3 is 0 Å². The van der Waals surface area contributed by atoms with Crippen molar-refractivity contribution in [3.05, 3.63) is 84.3 Å². The van der Waals surface area contributed by atoms with Gasteiger partial charge in [0.25, 0.3) is 11.8 Å². The molecule has 3 saturated heterocycles. The number of hydrogen-bond donors (Lipinski definition) is 1. The van der Waals surface area contributed by atoms with Crippen LogP contribution in [0.25, 0.3) is 32.9 Å². The van der Waals surface area contributed by atoms with Crippen LogP contribution in [-0.4, -0.2) is 118 Å². The Kier molecular flexibility index (Phi) is 10.1. The molecule has 7 heterocycles. The van der Waals surface area contributed by atoms with Crippen molar-refractivity contribution in [1.29, 1.82) is 0 Å². The van der Waals surface area contributed by atoms with Gasteiger partial charge in [-0.15, -0.1) is 0 Å². The molecule has 1 unspecified atom stereocenters. The van der Waals surface area contributed by atoms with E-state index in [1.54, 1.807) is 18.2 Å². The average Bonchev–Trinajstić information content (AvgIpc) is 3.65. The van der Waals surface area contributed by atoms with Crippen LogP contribution < -0.4 is 15.0 Å². The summed E-state index contributed by atoms with van der Waals surface area (Å²) in [6, 6.07) is 16.5. The molecule has 4 aliphatic rings. The first-order chi connectivity index (χ1) is 28.2. The standard InChI is InChI=1S/C43H43N7O8/c1-47-35-11-14-44-22-34(35)31-6-3-26(19-37(31)47)27-4-10-39(45-21-27)58-29-12-15-48(16-13-29)40(52)25-56-17-2-18-57-30-23-49(24-30)28-5-7-32-33(20-28)43(55)50(42(32)54)36-8-9-38(51)46-41(36)53/h3-7,10-11,14,19-22,29-30,36H,2,8-9,12-13,15-18,23-25H2,1H3,(H,46,51,53). The predicted octanol–water partition coefficient (Wildman–Crippen LogP) is 3.87. The molecule has 0 bridgehead atoms. The lowest BCUT2D eigenvalue weighted by Crippen LogP contribution is -2.54. The zero-order chi connectivity index (χ0) is 39.9. The number of carbonyl (C=O) groups excluding carboxylic acids is 5. The molecule has 4 aliphatic heterocycles. The topological polar surface area (TPSA) is 166 Å². The molecule has 3 fully saturated rings. The Morgan fingerprint density at radius 1 is 0.828 bits per heavy atom. The van der Waals surface area contributed by atoms with Crippen molar-refractivity contribution >= 4 is 57.0 Å². The number of nitrogens with one attached hydrogen (secondary N) is 1. The maximum Gasteiger partial charge on any atom is 0.262 e. The number of pyridine rings is 2. The Balaban J connectivity index is 0.658. The summed E-state index contributed by atoms with van der Waals surface area (Å²) in [7, 11) is 2.07. The first-order valence-corrected chi connectivity index (χ1v) is 19.7.